The summed E-state index contributed by atoms with van der Waals surface area (Å²) in [4.78, 5) is 10.8. The van der Waals surface area contributed by atoms with E-state index in [1.165, 1.54) is 6.92 Å². The lowest BCUT2D eigenvalue weighted by Gasteiger charge is -2.19. The molecule has 0 fully saturated rings. The molecule has 0 saturated heterocycles. The molecule has 0 aliphatic carbocycles. The zero-order valence-electron chi connectivity index (χ0n) is 9.72. The van der Waals surface area contributed by atoms with Crippen LogP contribution >= 0.6 is 0 Å². The molecule has 1 rings (SSSR count). The van der Waals surface area contributed by atoms with Crippen LogP contribution in [0.1, 0.15) is 18.9 Å². The third-order valence-electron chi connectivity index (χ3n) is 2.51. The second-order valence-corrected chi connectivity index (χ2v) is 4.09. The third kappa shape index (κ3) is 3.72. The van der Waals surface area contributed by atoms with E-state index in [-0.39, 0.29) is 19.6 Å². The van der Waals surface area contributed by atoms with Crippen LogP contribution in [0.3, 0.4) is 0 Å². The van der Waals surface area contributed by atoms with Crippen molar-refractivity contribution in [2.75, 3.05) is 6.61 Å². The average molecular weight is 239 g/mol. The van der Waals surface area contributed by atoms with E-state index in [0.717, 1.165) is 0 Å². The molecule has 4 N–H and O–H groups in total. The van der Waals surface area contributed by atoms with Crippen molar-refractivity contribution in [3.63, 3.8) is 0 Å². The van der Waals surface area contributed by atoms with Gasteiger partial charge in [0.1, 0.15) is 11.3 Å². The molecule has 0 saturated carbocycles. The molecule has 17 heavy (non-hydrogen) atoms. The third-order valence-corrected chi connectivity index (χ3v) is 2.51. The molecule has 0 aliphatic rings. The Morgan fingerprint density at radius 1 is 1.47 bits per heavy atom. The van der Waals surface area contributed by atoms with E-state index in [4.69, 9.17) is 20.7 Å². The molecule has 94 valence electrons. The summed E-state index contributed by atoms with van der Waals surface area (Å²) in [5.74, 6) is -0.507. The largest absolute Gasteiger partial charge is 0.493 e. The fraction of sp³-hybridized carbons (Fsp3) is 0.417. The molecule has 0 radical (unpaired) electrons. The standard InChI is InChI=1S/C12H17NO4/c1-12(13,11(15)16)6-7-17-10-5-3-2-4-9(10)8-14/h2-5,14H,6-8,13H2,1H3,(H,15,16). The van der Waals surface area contributed by atoms with Gasteiger partial charge in [-0.05, 0) is 13.0 Å². The lowest BCUT2D eigenvalue weighted by molar-refractivity contribution is -0.143. The van der Waals surface area contributed by atoms with Crippen LogP contribution in [-0.2, 0) is 11.4 Å². The maximum atomic E-state index is 10.8. The highest BCUT2D eigenvalue weighted by Crippen LogP contribution is 2.18. The van der Waals surface area contributed by atoms with Gasteiger partial charge in [0.05, 0.1) is 13.2 Å². The first-order chi connectivity index (χ1) is 7.97. The topological polar surface area (TPSA) is 92.8 Å². The predicted octanol–water partition coefficient (Wildman–Crippen LogP) is 0.750. The number of para-hydroxylation sites is 1. The van der Waals surface area contributed by atoms with Gasteiger partial charge in [-0.25, -0.2) is 0 Å². The first kappa shape index (κ1) is 13.5. The number of hydrogen-bond acceptors (Lipinski definition) is 4. The molecule has 0 amide bonds. The fourth-order valence-electron chi connectivity index (χ4n) is 1.26. The lowest BCUT2D eigenvalue weighted by Crippen LogP contribution is -2.45. The van der Waals surface area contributed by atoms with Crippen LogP contribution in [0.4, 0.5) is 0 Å². The number of nitrogens with two attached hydrogens (primary N) is 1. The first-order valence-corrected chi connectivity index (χ1v) is 5.31. The van der Waals surface area contributed by atoms with Crippen molar-refractivity contribution in [1.29, 1.82) is 0 Å². The van der Waals surface area contributed by atoms with Gasteiger partial charge in [-0.1, -0.05) is 18.2 Å². The number of aliphatic hydroxyl groups excluding tert-OH is 1. The summed E-state index contributed by atoms with van der Waals surface area (Å²) in [5.41, 5.74) is 4.94. The highest BCUT2D eigenvalue weighted by atomic mass is 16.5. The summed E-state index contributed by atoms with van der Waals surface area (Å²) in [6.07, 6.45) is 0.197. The van der Waals surface area contributed by atoms with E-state index in [0.29, 0.717) is 11.3 Å². The number of carboxylic acid groups (broad SMARTS) is 1. The zero-order chi connectivity index (χ0) is 12.9. The first-order valence-electron chi connectivity index (χ1n) is 5.31. The van der Waals surface area contributed by atoms with Gasteiger partial charge in [0.25, 0.3) is 0 Å². The summed E-state index contributed by atoms with van der Waals surface area (Å²) in [5, 5.41) is 17.9. The van der Waals surface area contributed by atoms with Crippen LogP contribution in [0.25, 0.3) is 0 Å². The molecule has 0 aromatic heterocycles. The molecule has 0 bridgehead atoms. The van der Waals surface area contributed by atoms with Gasteiger partial charge in [-0.3, -0.25) is 4.79 Å². The number of ether oxygens (including phenoxy) is 1. The van der Waals surface area contributed by atoms with Gasteiger partial charge in [0, 0.05) is 12.0 Å². The highest BCUT2D eigenvalue weighted by Gasteiger charge is 2.27. The van der Waals surface area contributed by atoms with Crippen LogP contribution in [0.2, 0.25) is 0 Å². The number of carbonyl (C=O) groups is 1. The quantitative estimate of drug-likeness (QED) is 0.681. The minimum absolute atomic E-state index is 0.116. The molecular formula is C12H17NO4. The Balaban J connectivity index is 2.54. The summed E-state index contributed by atoms with van der Waals surface area (Å²) in [6.45, 7) is 1.52. The van der Waals surface area contributed by atoms with E-state index in [2.05, 4.69) is 0 Å². The number of benzene rings is 1. The number of hydrogen-bond donors (Lipinski definition) is 3. The minimum Gasteiger partial charge on any atom is -0.493 e. The van der Waals surface area contributed by atoms with Crippen molar-refractivity contribution in [2.45, 2.75) is 25.5 Å². The van der Waals surface area contributed by atoms with Crippen molar-refractivity contribution in [3.05, 3.63) is 29.8 Å². The van der Waals surface area contributed by atoms with Crippen molar-refractivity contribution < 1.29 is 19.7 Å². The fourth-order valence-corrected chi connectivity index (χ4v) is 1.26. The average Bonchev–Trinajstić information content (AvgIpc) is 2.29. The minimum atomic E-state index is -1.30. The molecule has 0 spiro atoms. The van der Waals surface area contributed by atoms with Crippen molar-refractivity contribution >= 4 is 5.97 Å². The normalized spacial score (nSPS) is 14.1. The van der Waals surface area contributed by atoms with E-state index in [1.54, 1.807) is 24.3 Å². The highest BCUT2D eigenvalue weighted by molar-refractivity contribution is 5.77. The number of carboxylic acids is 1. The molecule has 5 heteroatoms. The molecule has 0 heterocycles. The van der Waals surface area contributed by atoms with Gasteiger partial charge in [0.2, 0.25) is 0 Å². The molecule has 1 atom stereocenters. The van der Waals surface area contributed by atoms with E-state index >= 15 is 0 Å². The van der Waals surface area contributed by atoms with Gasteiger partial charge in [-0.15, -0.1) is 0 Å². The zero-order valence-corrected chi connectivity index (χ0v) is 9.72. The Morgan fingerprint density at radius 3 is 2.71 bits per heavy atom. The van der Waals surface area contributed by atoms with Crippen LogP contribution in [-0.4, -0.2) is 28.3 Å². The SMILES string of the molecule is CC(N)(CCOc1ccccc1CO)C(=O)O. The Bertz CT molecular complexity index is 390. The van der Waals surface area contributed by atoms with E-state index in [1.807, 2.05) is 0 Å². The molecule has 0 aliphatic heterocycles. The maximum absolute atomic E-state index is 10.8. The number of aliphatic carboxylic acids is 1. The van der Waals surface area contributed by atoms with Crippen molar-refractivity contribution in [1.82, 2.24) is 0 Å². The van der Waals surface area contributed by atoms with Crippen molar-refractivity contribution in [3.8, 4) is 5.75 Å². The molecule has 5 nitrogen and oxygen atoms in total. The maximum Gasteiger partial charge on any atom is 0.323 e. The van der Waals surface area contributed by atoms with Crippen LogP contribution in [0.15, 0.2) is 24.3 Å². The van der Waals surface area contributed by atoms with Gasteiger partial charge < -0.3 is 20.7 Å². The van der Waals surface area contributed by atoms with Crippen LogP contribution in [0.5, 0.6) is 5.75 Å². The van der Waals surface area contributed by atoms with E-state index < -0.39 is 11.5 Å². The molecule has 1 aromatic rings. The lowest BCUT2D eigenvalue weighted by atomic mass is 10.0. The van der Waals surface area contributed by atoms with Gasteiger partial charge in [0.15, 0.2) is 0 Å². The van der Waals surface area contributed by atoms with Gasteiger partial charge in [-0.2, -0.15) is 0 Å². The van der Waals surface area contributed by atoms with Gasteiger partial charge >= 0.3 is 5.97 Å². The monoisotopic (exact) mass is 239 g/mol. The second kappa shape index (κ2) is 5.65. The number of aliphatic hydroxyl groups is 1. The van der Waals surface area contributed by atoms with Crippen LogP contribution < -0.4 is 10.5 Å². The smallest absolute Gasteiger partial charge is 0.323 e. The Labute approximate surface area is 99.8 Å². The molecule has 1 aromatic carbocycles. The molecular weight excluding hydrogens is 222 g/mol. The summed E-state index contributed by atoms with van der Waals surface area (Å²) in [7, 11) is 0. The summed E-state index contributed by atoms with van der Waals surface area (Å²) < 4.78 is 5.41. The number of rotatable bonds is 6. The second-order valence-electron chi connectivity index (χ2n) is 4.09. The predicted molar refractivity (Wildman–Crippen MR) is 62.7 cm³/mol. The molecule has 1 unspecified atom stereocenters. The summed E-state index contributed by atoms with van der Waals surface area (Å²) >= 11 is 0. The Morgan fingerprint density at radius 2 is 2.12 bits per heavy atom. The Hall–Kier alpha value is -1.59. The van der Waals surface area contributed by atoms with E-state index in [9.17, 15) is 4.79 Å². The Kier molecular flexibility index (Phi) is 4.48. The summed E-state index contributed by atoms with van der Waals surface area (Å²) in [6, 6.07) is 7.05. The van der Waals surface area contributed by atoms with Crippen LogP contribution in [0, 0.1) is 0 Å². The van der Waals surface area contributed by atoms with Crippen molar-refractivity contribution in [2.24, 2.45) is 5.73 Å².